The van der Waals surface area contributed by atoms with Crippen LogP contribution in [0.3, 0.4) is 0 Å². The minimum atomic E-state index is 0.595. The summed E-state index contributed by atoms with van der Waals surface area (Å²) >= 11 is 0. The molecule has 0 radical (unpaired) electrons. The van der Waals surface area contributed by atoms with Gasteiger partial charge < -0.3 is 15.2 Å². The number of hydrogen-bond donors (Lipinski definition) is 1. The fraction of sp³-hybridized carbons (Fsp3) is 0.250. The largest absolute Gasteiger partial charge is 0.342 e. The molecule has 0 aliphatic carbocycles. The highest BCUT2D eigenvalue weighted by molar-refractivity contribution is 5.61. The van der Waals surface area contributed by atoms with Crippen molar-refractivity contribution in [2.75, 3.05) is 25.0 Å². The fourth-order valence-corrected chi connectivity index (χ4v) is 1.49. The molecule has 1 aromatic carbocycles. The Labute approximate surface area is 94.6 Å². The molecule has 2 rings (SSSR count). The number of likely N-dealkylation sites (N-methyl/N-ethyl adjacent to an activating group) is 1. The minimum Gasteiger partial charge on any atom is -0.342 e. The van der Waals surface area contributed by atoms with E-state index in [1.807, 2.05) is 48.3 Å². The molecule has 0 unspecified atom stereocenters. The summed E-state index contributed by atoms with van der Waals surface area (Å²) in [7, 11) is 1.93. The quantitative estimate of drug-likeness (QED) is 0.847. The monoisotopic (exact) mass is 217 g/mol. The van der Waals surface area contributed by atoms with Crippen LogP contribution in [0, 0.1) is 0 Å². The molecule has 0 aliphatic rings. The van der Waals surface area contributed by atoms with Crippen LogP contribution in [0.1, 0.15) is 0 Å². The Balaban J connectivity index is 2.20. The third-order valence-corrected chi connectivity index (χ3v) is 2.41. The normalized spacial score (nSPS) is 10.4. The molecule has 16 heavy (non-hydrogen) atoms. The lowest BCUT2D eigenvalue weighted by atomic mass is 10.1. The first-order chi connectivity index (χ1) is 7.81. The third kappa shape index (κ3) is 2.23. The zero-order valence-corrected chi connectivity index (χ0v) is 9.26. The summed E-state index contributed by atoms with van der Waals surface area (Å²) in [6, 6.07) is 11.9. The van der Waals surface area contributed by atoms with Gasteiger partial charge in [0.05, 0.1) is 0 Å². The van der Waals surface area contributed by atoms with Crippen LogP contribution in [0.25, 0.3) is 11.3 Å². The molecule has 0 bridgehead atoms. The van der Waals surface area contributed by atoms with Gasteiger partial charge >= 0.3 is 0 Å². The second-order valence-electron chi connectivity index (χ2n) is 3.63. The zero-order chi connectivity index (χ0) is 11.4. The maximum Gasteiger partial charge on any atom is 0.227 e. The Morgan fingerprint density at radius 1 is 1.31 bits per heavy atom. The lowest BCUT2D eigenvalue weighted by molar-refractivity contribution is 0.422. The predicted molar refractivity (Wildman–Crippen MR) is 64.3 cm³/mol. The number of hydrogen-bond acceptors (Lipinski definition) is 4. The first-order valence-corrected chi connectivity index (χ1v) is 5.24. The molecule has 0 spiro atoms. The second-order valence-corrected chi connectivity index (χ2v) is 3.63. The van der Waals surface area contributed by atoms with Gasteiger partial charge in [0.15, 0.2) is 0 Å². The maximum absolute atomic E-state index is 5.48. The van der Waals surface area contributed by atoms with Crippen molar-refractivity contribution >= 4 is 5.88 Å². The molecule has 4 heteroatoms. The van der Waals surface area contributed by atoms with Gasteiger partial charge in [-0.1, -0.05) is 35.5 Å². The highest BCUT2D eigenvalue weighted by Gasteiger charge is 2.08. The molecule has 4 nitrogen and oxygen atoms in total. The molecule has 0 aliphatic heterocycles. The van der Waals surface area contributed by atoms with E-state index in [-0.39, 0.29) is 0 Å². The molecular weight excluding hydrogens is 202 g/mol. The number of benzene rings is 1. The van der Waals surface area contributed by atoms with E-state index in [9.17, 15) is 0 Å². The highest BCUT2D eigenvalue weighted by atomic mass is 16.5. The Kier molecular flexibility index (Phi) is 3.22. The van der Waals surface area contributed by atoms with Gasteiger partial charge in [-0.15, -0.1) is 0 Å². The van der Waals surface area contributed by atoms with E-state index in [0.717, 1.165) is 23.7 Å². The van der Waals surface area contributed by atoms with Crippen molar-refractivity contribution in [3.63, 3.8) is 0 Å². The molecule has 0 amide bonds. The van der Waals surface area contributed by atoms with E-state index in [0.29, 0.717) is 6.54 Å². The molecule has 0 saturated carbocycles. The van der Waals surface area contributed by atoms with Gasteiger partial charge in [0.2, 0.25) is 5.88 Å². The van der Waals surface area contributed by atoms with Gasteiger partial charge in [-0.2, -0.15) is 0 Å². The van der Waals surface area contributed by atoms with Crippen molar-refractivity contribution in [2.45, 2.75) is 0 Å². The molecule has 84 valence electrons. The Morgan fingerprint density at radius 2 is 2.06 bits per heavy atom. The van der Waals surface area contributed by atoms with Gasteiger partial charge in [0, 0.05) is 31.8 Å². The number of nitrogens with two attached hydrogens (primary N) is 1. The number of rotatable bonds is 4. The topological polar surface area (TPSA) is 55.3 Å². The average molecular weight is 217 g/mol. The first kappa shape index (κ1) is 10.7. The van der Waals surface area contributed by atoms with Crippen LogP contribution in [-0.4, -0.2) is 25.3 Å². The summed E-state index contributed by atoms with van der Waals surface area (Å²) in [6.45, 7) is 1.35. The number of anilines is 1. The summed E-state index contributed by atoms with van der Waals surface area (Å²) in [5, 5.41) is 4.03. The number of nitrogens with zero attached hydrogens (tertiary/aromatic N) is 2. The average Bonchev–Trinajstić information content (AvgIpc) is 2.80. The van der Waals surface area contributed by atoms with E-state index in [1.54, 1.807) is 0 Å². The van der Waals surface area contributed by atoms with Crippen molar-refractivity contribution in [2.24, 2.45) is 5.73 Å². The highest BCUT2D eigenvalue weighted by Crippen LogP contribution is 2.22. The molecule has 0 fully saturated rings. The standard InChI is InChI=1S/C12H15N3O/c1-15(8-7-13)12-9-11(14-16-12)10-5-3-2-4-6-10/h2-6,9H,7-8,13H2,1H3. The minimum absolute atomic E-state index is 0.595. The van der Waals surface area contributed by atoms with Crippen LogP contribution < -0.4 is 10.6 Å². The van der Waals surface area contributed by atoms with Crippen molar-refractivity contribution in [3.05, 3.63) is 36.4 Å². The molecule has 0 saturated heterocycles. The fourth-order valence-electron chi connectivity index (χ4n) is 1.49. The van der Waals surface area contributed by atoms with Crippen molar-refractivity contribution < 1.29 is 4.52 Å². The first-order valence-electron chi connectivity index (χ1n) is 5.24. The van der Waals surface area contributed by atoms with Crippen LogP contribution in [0.5, 0.6) is 0 Å². The van der Waals surface area contributed by atoms with Gasteiger partial charge in [0.25, 0.3) is 0 Å². The van der Waals surface area contributed by atoms with E-state index < -0.39 is 0 Å². The van der Waals surface area contributed by atoms with Crippen LogP contribution in [0.15, 0.2) is 40.9 Å². The Morgan fingerprint density at radius 3 is 2.75 bits per heavy atom. The van der Waals surface area contributed by atoms with E-state index >= 15 is 0 Å². The van der Waals surface area contributed by atoms with Gasteiger partial charge in [-0.25, -0.2) is 0 Å². The maximum atomic E-state index is 5.48. The zero-order valence-electron chi connectivity index (χ0n) is 9.26. The summed E-state index contributed by atoms with van der Waals surface area (Å²) in [5.41, 5.74) is 7.38. The van der Waals surface area contributed by atoms with Crippen LogP contribution in [-0.2, 0) is 0 Å². The third-order valence-electron chi connectivity index (χ3n) is 2.41. The summed E-state index contributed by atoms with van der Waals surface area (Å²) in [5.74, 6) is 0.740. The van der Waals surface area contributed by atoms with Gasteiger partial charge in [0.1, 0.15) is 5.69 Å². The molecule has 1 aromatic heterocycles. The van der Waals surface area contributed by atoms with Crippen molar-refractivity contribution in [3.8, 4) is 11.3 Å². The second kappa shape index (κ2) is 4.81. The van der Waals surface area contributed by atoms with Crippen molar-refractivity contribution in [1.29, 1.82) is 0 Å². The number of aromatic nitrogens is 1. The summed E-state index contributed by atoms with van der Waals surface area (Å²) < 4.78 is 5.25. The lowest BCUT2D eigenvalue weighted by Crippen LogP contribution is -2.24. The van der Waals surface area contributed by atoms with Gasteiger partial charge in [-0.05, 0) is 0 Å². The van der Waals surface area contributed by atoms with E-state index in [2.05, 4.69) is 5.16 Å². The smallest absolute Gasteiger partial charge is 0.227 e. The van der Waals surface area contributed by atoms with E-state index in [1.165, 1.54) is 0 Å². The molecular formula is C12H15N3O. The molecule has 1 heterocycles. The Bertz CT molecular complexity index is 439. The summed E-state index contributed by atoms with van der Waals surface area (Å²) in [4.78, 5) is 1.94. The van der Waals surface area contributed by atoms with E-state index in [4.69, 9.17) is 10.3 Å². The van der Waals surface area contributed by atoms with Crippen LogP contribution in [0.4, 0.5) is 5.88 Å². The lowest BCUT2D eigenvalue weighted by Gasteiger charge is -2.12. The van der Waals surface area contributed by atoms with Crippen LogP contribution in [0.2, 0.25) is 0 Å². The molecule has 2 N–H and O–H groups in total. The Hall–Kier alpha value is -1.81. The molecule has 2 aromatic rings. The summed E-state index contributed by atoms with van der Waals surface area (Å²) in [6.07, 6.45) is 0. The predicted octanol–water partition coefficient (Wildman–Crippen LogP) is 1.74. The van der Waals surface area contributed by atoms with Gasteiger partial charge in [-0.3, -0.25) is 0 Å². The van der Waals surface area contributed by atoms with Crippen molar-refractivity contribution in [1.82, 2.24) is 5.16 Å². The molecule has 0 atom stereocenters. The van der Waals surface area contributed by atoms with Crippen LogP contribution >= 0.6 is 0 Å². The SMILES string of the molecule is CN(CCN)c1cc(-c2ccccc2)no1.